The van der Waals surface area contributed by atoms with Crippen LogP contribution in [0.5, 0.6) is 5.75 Å². The van der Waals surface area contributed by atoms with Crippen LogP contribution in [-0.2, 0) is 4.74 Å². The molecule has 2 nitrogen and oxygen atoms in total. The lowest BCUT2D eigenvalue weighted by Gasteiger charge is -2.14. The van der Waals surface area contributed by atoms with E-state index in [4.69, 9.17) is 9.47 Å². The van der Waals surface area contributed by atoms with Crippen molar-refractivity contribution in [3.8, 4) is 5.75 Å². The van der Waals surface area contributed by atoms with E-state index >= 15 is 0 Å². The molecule has 1 aromatic carbocycles. The third-order valence-electron chi connectivity index (χ3n) is 2.33. The van der Waals surface area contributed by atoms with Gasteiger partial charge in [0.15, 0.2) is 0 Å². The largest absolute Gasteiger partial charge is 0.460 e. The van der Waals surface area contributed by atoms with Crippen molar-refractivity contribution in [2.45, 2.75) is 20.1 Å². The normalized spacial score (nSPS) is 19.1. The smallest absolute Gasteiger partial charge is 0.226 e. The van der Waals surface area contributed by atoms with Crippen LogP contribution in [0.4, 0.5) is 0 Å². The Labute approximate surface area is 90.5 Å². The van der Waals surface area contributed by atoms with Gasteiger partial charge < -0.3 is 9.47 Å². The summed E-state index contributed by atoms with van der Waals surface area (Å²) in [5.74, 6) is 1.38. The quantitative estimate of drug-likeness (QED) is 0.753. The summed E-state index contributed by atoms with van der Waals surface area (Å²) < 4.78 is 11.3. The van der Waals surface area contributed by atoms with Crippen molar-refractivity contribution in [2.24, 2.45) is 5.92 Å². The van der Waals surface area contributed by atoms with Crippen molar-refractivity contribution >= 4 is 5.57 Å². The van der Waals surface area contributed by atoms with Crippen LogP contribution in [0.2, 0.25) is 0 Å². The second kappa shape index (κ2) is 4.07. The Kier molecular flexibility index (Phi) is 2.78. The topological polar surface area (TPSA) is 18.5 Å². The fraction of sp³-hybridized carbons (Fsp3) is 0.385. The lowest BCUT2D eigenvalue weighted by atomic mass is 10.1. The number of hydrogen-bond acceptors (Lipinski definition) is 2. The first-order chi connectivity index (χ1) is 7.18. The first-order valence-electron chi connectivity index (χ1n) is 5.25. The molecule has 1 unspecified atom stereocenters. The summed E-state index contributed by atoms with van der Waals surface area (Å²) in [5.41, 5.74) is 1.98. The summed E-state index contributed by atoms with van der Waals surface area (Å²) in [5, 5.41) is 0. The average Bonchev–Trinajstić information content (AvgIpc) is 2.54. The minimum absolute atomic E-state index is 0.301. The summed E-state index contributed by atoms with van der Waals surface area (Å²) in [6.07, 6.45) is -0.301. The van der Waals surface area contributed by atoms with E-state index in [1.165, 1.54) is 0 Å². The lowest BCUT2D eigenvalue weighted by molar-refractivity contribution is -0.0411. The van der Waals surface area contributed by atoms with Crippen LogP contribution >= 0.6 is 0 Å². The molecule has 0 bridgehead atoms. The highest BCUT2D eigenvalue weighted by Gasteiger charge is 2.27. The SMILES string of the molecule is C=C1c2ccccc2OC1OCC(C)C. The maximum Gasteiger partial charge on any atom is 0.226 e. The highest BCUT2D eigenvalue weighted by Crippen LogP contribution is 2.36. The van der Waals surface area contributed by atoms with Gasteiger partial charge in [-0.05, 0) is 12.0 Å². The molecule has 0 fully saturated rings. The Morgan fingerprint density at radius 2 is 2.13 bits per heavy atom. The van der Waals surface area contributed by atoms with Gasteiger partial charge in [-0.25, -0.2) is 0 Å². The second-order valence-electron chi connectivity index (χ2n) is 4.20. The molecule has 0 spiro atoms. The van der Waals surface area contributed by atoms with Gasteiger partial charge in [0.25, 0.3) is 0 Å². The molecule has 15 heavy (non-hydrogen) atoms. The summed E-state index contributed by atoms with van der Waals surface area (Å²) in [6, 6.07) is 7.89. The van der Waals surface area contributed by atoms with E-state index in [9.17, 15) is 0 Å². The summed E-state index contributed by atoms with van der Waals surface area (Å²) in [4.78, 5) is 0. The van der Waals surface area contributed by atoms with Crippen LogP contribution < -0.4 is 4.74 Å². The molecule has 0 aliphatic carbocycles. The van der Waals surface area contributed by atoms with Gasteiger partial charge >= 0.3 is 0 Å². The highest BCUT2D eigenvalue weighted by atomic mass is 16.7. The molecule has 0 aromatic heterocycles. The number of fused-ring (bicyclic) bond motifs is 1. The Hall–Kier alpha value is -1.28. The summed E-state index contributed by atoms with van der Waals surface area (Å²) in [6.45, 7) is 8.93. The van der Waals surface area contributed by atoms with Crippen LogP contribution in [0.15, 0.2) is 30.8 Å². The van der Waals surface area contributed by atoms with Gasteiger partial charge in [-0.2, -0.15) is 0 Å². The maximum absolute atomic E-state index is 5.65. The molecule has 2 heteroatoms. The van der Waals surface area contributed by atoms with E-state index in [0.717, 1.165) is 16.9 Å². The van der Waals surface area contributed by atoms with Gasteiger partial charge in [0.05, 0.1) is 6.61 Å². The number of para-hydroxylation sites is 1. The molecule has 0 N–H and O–H groups in total. The van der Waals surface area contributed by atoms with E-state index < -0.39 is 0 Å². The molecular formula is C13H16O2. The van der Waals surface area contributed by atoms with Crippen LogP contribution in [0, 0.1) is 5.92 Å². The zero-order valence-electron chi connectivity index (χ0n) is 9.19. The Bertz CT molecular complexity index is 369. The highest BCUT2D eigenvalue weighted by molar-refractivity contribution is 5.74. The van der Waals surface area contributed by atoms with Crippen molar-refractivity contribution in [3.05, 3.63) is 36.4 Å². The zero-order valence-corrected chi connectivity index (χ0v) is 9.19. The van der Waals surface area contributed by atoms with Gasteiger partial charge in [-0.15, -0.1) is 0 Å². The van der Waals surface area contributed by atoms with Crippen LogP contribution in [0.1, 0.15) is 19.4 Å². The van der Waals surface area contributed by atoms with E-state index in [1.54, 1.807) is 0 Å². The van der Waals surface area contributed by atoms with E-state index in [2.05, 4.69) is 20.4 Å². The minimum Gasteiger partial charge on any atom is -0.460 e. The standard InChI is InChI=1S/C13H16O2/c1-9(2)8-14-13-10(3)11-6-4-5-7-12(11)15-13/h4-7,9,13H,3,8H2,1-2H3. The van der Waals surface area contributed by atoms with Gasteiger partial charge in [0.2, 0.25) is 6.29 Å². The molecule has 0 radical (unpaired) electrons. The van der Waals surface area contributed by atoms with Crippen LogP contribution in [-0.4, -0.2) is 12.9 Å². The molecule has 1 heterocycles. The predicted molar refractivity (Wildman–Crippen MR) is 60.7 cm³/mol. The predicted octanol–water partition coefficient (Wildman–Crippen LogP) is 3.09. The van der Waals surface area contributed by atoms with E-state index in [1.807, 2.05) is 24.3 Å². The van der Waals surface area contributed by atoms with Crippen LogP contribution in [0.3, 0.4) is 0 Å². The van der Waals surface area contributed by atoms with Crippen molar-refractivity contribution in [1.29, 1.82) is 0 Å². The number of hydrogen-bond donors (Lipinski definition) is 0. The van der Waals surface area contributed by atoms with Crippen LogP contribution in [0.25, 0.3) is 5.57 Å². The van der Waals surface area contributed by atoms with Gasteiger partial charge in [-0.1, -0.05) is 38.6 Å². The number of ether oxygens (including phenoxy) is 2. The third-order valence-corrected chi connectivity index (χ3v) is 2.33. The van der Waals surface area contributed by atoms with Gasteiger partial charge in [0.1, 0.15) is 5.75 Å². The average molecular weight is 204 g/mol. The van der Waals surface area contributed by atoms with Crippen molar-refractivity contribution in [2.75, 3.05) is 6.61 Å². The fourth-order valence-electron chi connectivity index (χ4n) is 1.56. The molecule has 0 amide bonds. The molecular weight excluding hydrogens is 188 g/mol. The van der Waals surface area contributed by atoms with Crippen molar-refractivity contribution in [1.82, 2.24) is 0 Å². The molecule has 1 aromatic rings. The fourth-order valence-corrected chi connectivity index (χ4v) is 1.56. The lowest BCUT2D eigenvalue weighted by Crippen LogP contribution is -2.19. The first kappa shape index (κ1) is 10.2. The number of benzene rings is 1. The Morgan fingerprint density at radius 3 is 2.80 bits per heavy atom. The monoisotopic (exact) mass is 204 g/mol. The Balaban J connectivity index is 2.07. The van der Waals surface area contributed by atoms with Gasteiger partial charge in [-0.3, -0.25) is 0 Å². The third kappa shape index (κ3) is 2.05. The van der Waals surface area contributed by atoms with Crippen molar-refractivity contribution < 1.29 is 9.47 Å². The minimum atomic E-state index is -0.301. The summed E-state index contributed by atoms with van der Waals surface area (Å²) >= 11 is 0. The molecule has 1 atom stereocenters. The molecule has 1 aliphatic rings. The maximum atomic E-state index is 5.65. The first-order valence-corrected chi connectivity index (χ1v) is 5.25. The molecule has 1 aliphatic heterocycles. The van der Waals surface area contributed by atoms with Gasteiger partial charge in [0, 0.05) is 11.1 Å². The molecule has 80 valence electrons. The number of rotatable bonds is 3. The Morgan fingerprint density at radius 1 is 1.40 bits per heavy atom. The zero-order chi connectivity index (χ0) is 10.8. The summed E-state index contributed by atoms with van der Waals surface area (Å²) in [7, 11) is 0. The van der Waals surface area contributed by atoms with E-state index in [0.29, 0.717) is 12.5 Å². The molecule has 0 saturated heterocycles. The second-order valence-corrected chi connectivity index (χ2v) is 4.20. The molecule has 0 saturated carbocycles. The van der Waals surface area contributed by atoms with Crippen molar-refractivity contribution in [3.63, 3.8) is 0 Å². The van der Waals surface area contributed by atoms with E-state index in [-0.39, 0.29) is 6.29 Å². The molecule has 2 rings (SSSR count).